The van der Waals surface area contributed by atoms with Gasteiger partial charge < -0.3 is 4.74 Å². The summed E-state index contributed by atoms with van der Waals surface area (Å²) in [5, 5.41) is 3.72. The monoisotopic (exact) mass is 391 g/mol. The number of aromatic nitrogens is 1. The van der Waals surface area contributed by atoms with E-state index in [4.69, 9.17) is 16.3 Å². The number of ether oxygens (including phenoxy) is 1. The van der Waals surface area contributed by atoms with Crippen LogP contribution in [0.15, 0.2) is 46.5 Å². The number of thioether (sulfide) groups is 1. The number of hydrogen-bond acceptors (Lipinski definition) is 6. The largest absolute Gasteiger partial charge is 0.481 e. The number of hydrazine groups is 1. The third-order valence-corrected chi connectivity index (χ3v) is 5.28. The number of nitrogens with zero attached hydrogens (tertiary/aromatic N) is 4. The summed E-state index contributed by atoms with van der Waals surface area (Å²) in [6.07, 6.45) is 1.80. The van der Waals surface area contributed by atoms with E-state index in [9.17, 15) is 4.39 Å². The third kappa shape index (κ3) is 3.34. The van der Waals surface area contributed by atoms with Crippen LogP contribution in [0.25, 0.3) is 0 Å². The first-order valence-corrected chi connectivity index (χ1v) is 9.10. The van der Waals surface area contributed by atoms with Gasteiger partial charge in [-0.15, -0.1) is 0 Å². The molecule has 1 fully saturated rings. The van der Waals surface area contributed by atoms with Gasteiger partial charge in [-0.2, -0.15) is 0 Å². The Hall–Kier alpha value is -2.32. The van der Waals surface area contributed by atoms with Crippen LogP contribution in [0.1, 0.15) is 17.2 Å². The fraction of sp³-hybridized carbons (Fsp3) is 0.235. The predicted molar refractivity (Wildman–Crippen MR) is 101 cm³/mol. The second kappa shape index (κ2) is 7.13. The van der Waals surface area contributed by atoms with Gasteiger partial charge in [-0.1, -0.05) is 17.7 Å². The summed E-state index contributed by atoms with van der Waals surface area (Å²) in [6.45, 7) is 1.06. The lowest BCUT2D eigenvalue weighted by molar-refractivity contribution is 0.321. The van der Waals surface area contributed by atoms with Crippen LogP contribution in [0.4, 0.5) is 4.39 Å². The van der Waals surface area contributed by atoms with Crippen LogP contribution in [0.3, 0.4) is 0 Å². The van der Waals surface area contributed by atoms with E-state index >= 15 is 0 Å². The number of rotatable bonds is 4. The number of benzene rings is 1. The Kier molecular flexibility index (Phi) is 4.69. The Morgan fingerprint density at radius 1 is 1.42 bits per heavy atom. The standard InChI is InChI=1S/C17H15ClFN5OS/c1-25-15-5-3-11(8-20-15)14-9-22-17-24(14)23-16(26-17)21-7-10-2-4-13(19)12(18)6-10/h2-6,8,14H,7,9H2,1H3,(H,21,23). The molecule has 26 heavy (non-hydrogen) atoms. The summed E-state index contributed by atoms with van der Waals surface area (Å²) in [5.74, 6) is 0.152. The second-order valence-corrected chi connectivity index (χ2v) is 7.09. The highest BCUT2D eigenvalue weighted by Crippen LogP contribution is 2.33. The third-order valence-electron chi connectivity index (χ3n) is 4.06. The van der Waals surface area contributed by atoms with Crippen LogP contribution in [-0.2, 0) is 6.54 Å². The van der Waals surface area contributed by atoms with Crippen molar-refractivity contribution >= 4 is 33.7 Å². The van der Waals surface area contributed by atoms with E-state index in [-0.39, 0.29) is 11.1 Å². The Labute approximate surface area is 159 Å². The molecule has 2 aliphatic rings. The van der Waals surface area contributed by atoms with Gasteiger partial charge in [-0.25, -0.2) is 9.37 Å². The molecule has 6 nitrogen and oxygen atoms in total. The van der Waals surface area contributed by atoms with Crippen molar-refractivity contribution in [1.82, 2.24) is 15.4 Å². The zero-order valence-corrected chi connectivity index (χ0v) is 15.4. The van der Waals surface area contributed by atoms with Gasteiger partial charge in [0.15, 0.2) is 10.3 Å². The van der Waals surface area contributed by atoms with Crippen molar-refractivity contribution in [3.63, 3.8) is 0 Å². The molecule has 1 N–H and O–H groups in total. The van der Waals surface area contributed by atoms with Gasteiger partial charge in [0.2, 0.25) is 5.88 Å². The van der Waals surface area contributed by atoms with Crippen LogP contribution >= 0.6 is 23.4 Å². The highest BCUT2D eigenvalue weighted by atomic mass is 35.5. The number of methoxy groups -OCH3 is 1. The summed E-state index contributed by atoms with van der Waals surface area (Å²) in [4.78, 5) is 13.4. The number of aliphatic imine (C=N–C) groups is 2. The molecule has 1 aromatic heterocycles. The van der Waals surface area contributed by atoms with Crippen LogP contribution in [0.5, 0.6) is 5.88 Å². The minimum atomic E-state index is -0.428. The van der Waals surface area contributed by atoms with Crippen molar-refractivity contribution in [3.05, 3.63) is 58.5 Å². The topological polar surface area (TPSA) is 62.1 Å². The fourth-order valence-corrected chi connectivity index (χ4v) is 3.77. The summed E-state index contributed by atoms with van der Waals surface area (Å²) in [7, 11) is 1.59. The summed E-state index contributed by atoms with van der Waals surface area (Å²) < 4.78 is 18.3. The maximum absolute atomic E-state index is 13.2. The van der Waals surface area contributed by atoms with Gasteiger partial charge >= 0.3 is 0 Å². The molecular formula is C17H15ClFN5OS. The zero-order chi connectivity index (χ0) is 18.1. The summed E-state index contributed by atoms with van der Waals surface area (Å²) in [5.41, 5.74) is 5.17. The highest BCUT2D eigenvalue weighted by Gasteiger charge is 2.36. The minimum absolute atomic E-state index is 0.0591. The average molecular weight is 392 g/mol. The first kappa shape index (κ1) is 17.1. The van der Waals surface area contributed by atoms with Gasteiger partial charge in [-0.05, 0) is 41.1 Å². The van der Waals surface area contributed by atoms with Gasteiger partial charge in [0.05, 0.1) is 31.3 Å². The number of hydrogen-bond donors (Lipinski definition) is 1. The molecule has 0 bridgehead atoms. The molecule has 1 aromatic carbocycles. The van der Waals surface area contributed by atoms with E-state index in [2.05, 4.69) is 20.4 Å². The molecule has 3 heterocycles. The lowest BCUT2D eigenvalue weighted by Gasteiger charge is -2.22. The lowest BCUT2D eigenvalue weighted by atomic mass is 10.1. The van der Waals surface area contributed by atoms with Crippen LogP contribution in [0, 0.1) is 5.82 Å². The molecule has 1 saturated heterocycles. The quantitative estimate of drug-likeness (QED) is 0.865. The smallest absolute Gasteiger partial charge is 0.212 e. The van der Waals surface area contributed by atoms with Crippen molar-refractivity contribution < 1.29 is 9.13 Å². The number of fused-ring (bicyclic) bond motifs is 1. The maximum Gasteiger partial charge on any atom is 0.212 e. The number of halogens is 2. The van der Waals surface area contributed by atoms with Crippen LogP contribution in [-0.4, -0.2) is 34.0 Å². The predicted octanol–water partition coefficient (Wildman–Crippen LogP) is 3.40. The number of nitrogens with one attached hydrogen (secondary N) is 1. The van der Waals surface area contributed by atoms with E-state index in [1.165, 1.54) is 17.8 Å². The van der Waals surface area contributed by atoms with Crippen molar-refractivity contribution in [2.24, 2.45) is 9.98 Å². The SMILES string of the molecule is COc1ccc(C2CN=C3SC(=NCc4ccc(F)c(Cl)c4)NN32)cn1. The van der Waals surface area contributed by atoms with E-state index in [0.717, 1.165) is 21.5 Å². The van der Waals surface area contributed by atoms with E-state index in [0.29, 0.717) is 19.0 Å². The molecule has 0 aliphatic carbocycles. The molecule has 4 rings (SSSR count). The minimum Gasteiger partial charge on any atom is -0.481 e. The molecule has 2 aliphatic heterocycles. The first-order chi connectivity index (χ1) is 12.6. The maximum atomic E-state index is 13.2. The van der Waals surface area contributed by atoms with Crippen molar-refractivity contribution in [3.8, 4) is 5.88 Å². The first-order valence-electron chi connectivity index (χ1n) is 7.90. The molecule has 0 radical (unpaired) electrons. The number of amidine groups is 2. The van der Waals surface area contributed by atoms with Crippen molar-refractivity contribution in [2.75, 3.05) is 13.7 Å². The molecule has 0 spiro atoms. The zero-order valence-electron chi connectivity index (χ0n) is 13.8. The van der Waals surface area contributed by atoms with Crippen LogP contribution < -0.4 is 10.2 Å². The van der Waals surface area contributed by atoms with E-state index in [1.54, 1.807) is 25.4 Å². The highest BCUT2D eigenvalue weighted by molar-refractivity contribution is 8.26. The Bertz CT molecular complexity index is 889. The molecule has 9 heteroatoms. The number of pyridine rings is 1. The second-order valence-electron chi connectivity index (χ2n) is 5.73. The van der Waals surface area contributed by atoms with Crippen LogP contribution in [0.2, 0.25) is 5.02 Å². The summed E-state index contributed by atoms with van der Waals surface area (Å²) >= 11 is 7.29. The molecular weight excluding hydrogens is 377 g/mol. The summed E-state index contributed by atoms with van der Waals surface area (Å²) in [6, 6.07) is 8.49. The molecule has 0 amide bonds. The Morgan fingerprint density at radius 3 is 3.04 bits per heavy atom. The fourth-order valence-electron chi connectivity index (χ4n) is 2.71. The van der Waals surface area contributed by atoms with Crippen molar-refractivity contribution in [2.45, 2.75) is 12.6 Å². The van der Waals surface area contributed by atoms with Gasteiger partial charge in [0.25, 0.3) is 0 Å². The molecule has 1 atom stereocenters. The molecule has 134 valence electrons. The van der Waals surface area contributed by atoms with Gasteiger partial charge in [0.1, 0.15) is 5.82 Å². The normalized spacial score (nSPS) is 20.1. The molecule has 0 saturated carbocycles. The van der Waals surface area contributed by atoms with Crippen molar-refractivity contribution in [1.29, 1.82) is 0 Å². The van der Waals surface area contributed by atoms with Gasteiger partial charge in [-0.3, -0.25) is 20.4 Å². The lowest BCUT2D eigenvalue weighted by Crippen LogP contribution is -2.37. The Morgan fingerprint density at radius 2 is 2.31 bits per heavy atom. The van der Waals surface area contributed by atoms with Gasteiger partial charge in [0, 0.05) is 12.3 Å². The molecule has 2 aromatic rings. The van der Waals surface area contributed by atoms with E-state index in [1.807, 2.05) is 17.1 Å². The van der Waals surface area contributed by atoms with E-state index < -0.39 is 5.82 Å². The Balaban J connectivity index is 1.45. The molecule has 1 unspecified atom stereocenters. The average Bonchev–Trinajstić information content (AvgIpc) is 3.23.